The van der Waals surface area contributed by atoms with Gasteiger partial charge in [-0.2, -0.15) is 0 Å². The van der Waals surface area contributed by atoms with Gasteiger partial charge in [-0.3, -0.25) is 15.2 Å². The second-order valence-electron chi connectivity index (χ2n) is 2.13. The summed E-state index contributed by atoms with van der Waals surface area (Å²) < 4.78 is 0. The van der Waals surface area contributed by atoms with Gasteiger partial charge in [0.1, 0.15) is 6.29 Å². The van der Waals surface area contributed by atoms with Gasteiger partial charge in [0.05, 0.1) is 5.69 Å². The first-order chi connectivity index (χ1) is 5.65. The molecule has 12 heavy (non-hydrogen) atoms. The van der Waals surface area contributed by atoms with Crippen LogP contribution in [0.4, 0.5) is 5.69 Å². The molecule has 0 bridgehead atoms. The van der Waals surface area contributed by atoms with E-state index in [4.69, 9.17) is 10.4 Å². The lowest BCUT2D eigenvalue weighted by molar-refractivity contribution is -0.268. The number of anilines is 1. The highest BCUT2D eigenvalue weighted by Crippen LogP contribution is 2.18. The van der Waals surface area contributed by atoms with E-state index in [0.717, 1.165) is 12.1 Å². The molecule has 0 aromatic heterocycles. The Kier molecular flexibility index (Phi) is 2.27. The SMILES string of the molecule is O=Cc1cc(N(O)O)ccc1[O-]. The van der Waals surface area contributed by atoms with E-state index in [1.54, 1.807) is 0 Å². The molecular weight excluding hydrogens is 162 g/mol. The smallest absolute Gasteiger partial charge is 0.149 e. The van der Waals surface area contributed by atoms with Gasteiger partial charge in [-0.05, 0) is 12.1 Å². The summed E-state index contributed by atoms with van der Waals surface area (Å²) in [4.78, 5) is 10.2. The molecule has 0 amide bonds. The summed E-state index contributed by atoms with van der Waals surface area (Å²) in [6.07, 6.45) is 0.356. The molecule has 0 fully saturated rings. The highest BCUT2D eigenvalue weighted by atomic mass is 16.8. The van der Waals surface area contributed by atoms with E-state index in [0.29, 0.717) is 6.29 Å². The minimum atomic E-state index is -0.449. The molecule has 1 aromatic rings. The van der Waals surface area contributed by atoms with E-state index in [-0.39, 0.29) is 16.5 Å². The molecule has 0 aliphatic heterocycles. The van der Waals surface area contributed by atoms with Crippen molar-refractivity contribution in [2.24, 2.45) is 0 Å². The summed E-state index contributed by atoms with van der Waals surface area (Å²) in [7, 11) is 0. The van der Waals surface area contributed by atoms with Crippen LogP contribution in [0.1, 0.15) is 10.4 Å². The Morgan fingerprint density at radius 3 is 2.58 bits per heavy atom. The third kappa shape index (κ3) is 1.52. The Labute approximate surface area is 68.0 Å². The van der Waals surface area contributed by atoms with Crippen molar-refractivity contribution in [2.75, 3.05) is 5.23 Å². The highest BCUT2D eigenvalue weighted by Gasteiger charge is 1.99. The fourth-order valence-electron chi connectivity index (χ4n) is 0.752. The Morgan fingerprint density at radius 1 is 1.42 bits per heavy atom. The minimum absolute atomic E-state index is 0.0308. The highest BCUT2D eigenvalue weighted by molar-refractivity contribution is 5.80. The maximum atomic E-state index is 10.8. The van der Waals surface area contributed by atoms with Gasteiger partial charge in [0, 0.05) is 5.56 Å². The number of carbonyl (C=O) groups excluding carboxylic acids is 1. The molecule has 0 atom stereocenters. The van der Waals surface area contributed by atoms with E-state index < -0.39 is 5.75 Å². The first-order valence-corrected chi connectivity index (χ1v) is 3.09. The average Bonchev–Trinajstić information content (AvgIpc) is 2.05. The quantitative estimate of drug-likeness (QED) is 0.485. The maximum absolute atomic E-state index is 10.8. The third-order valence-corrected chi connectivity index (χ3v) is 1.35. The minimum Gasteiger partial charge on any atom is -0.872 e. The molecule has 1 aromatic carbocycles. The lowest BCUT2D eigenvalue weighted by atomic mass is 10.2. The van der Waals surface area contributed by atoms with E-state index >= 15 is 0 Å². The molecular formula is C7H6NO4-. The maximum Gasteiger partial charge on any atom is 0.149 e. The lowest BCUT2D eigenvalue weighted by Gasteiger charge is -2.12. The Hall–Kier alpha value is -1.59. The van der Waals surface area contributed by atoms with Crippen LogP contribution in [0.2, 0.25) is 0 Å². The van der Waals surface area contributed by atoms with Gasteiger partial charge in [-0.25, -0.2) is 0 Å². The predicted molar refractivity (Wildman–Crippen MR) is 37.3 cm³/mol. The molecule has 0 radical (unpaired) electrons. The number of hydrogen-bond donors (Lipinski definition) is 2. The molecule has 0 saturated heterocycles. The van der Waals surface area contributed by atoms with Crippen LogP contribution in [0.5, 0.6) is 5.75 Å². The third-order valence-electron chi connectivity index (χ3n) is 1.35. The van der Waals surface area contributed by atoms with Crippen molar-refractivity contribution in [1.82, 2.24) is 0 Å². The standard InChI is InChI=1S/C7H7NO4/c9-4-5-3-6(8(11)12)1-2-7(5)10/h1-4,10-12H/p-1. The molecule has 0 aliphatic rings. The number of aldehydes is 1. The molecule has 5 nitrogen and oxygen atoms in total. The molecule has 0 saturated carbocycles. The zero-order chi connectivity index (χ0) is 9.14. The van der Waals surface area contributed by atoms with Gasteiger partial charge in [-0.15, -0.1) is 5.23 Å². The van der Waals surface area contributed by atoms with E-state index in [1.807, 2.05) is 0 Å². The zero-order valence-corrected chi connectivity index (χ0v) is 5.97. The summed E-state index contributed by atoms with van der Waals surface area (Å²) in [6.45, 7) is 0. The monoisotopic (exact) mass is 168 g/mol. The van der Waals surface area contributed by atoms with Crippen LogP contribution >= 0.6 is 0 Å². The van der Waals surface area contributed by atoms with E-state index in [1.165, 1.54) is 6.07 Å². The second kappa shape index (κ2) is 3.21. The van der Waals surface area contributed by atoms with E-state index in [9.17, 15) is 9.90 Å². The molecule has 0 heterocycles. The largest absolute Gasteiger partial charge is 0.872 e. The predicted octanol–water partition coefficient (Wildman–Crippen LogP) is 0.157. The molecule has 0 spiro atoms. The number of rotatable bonds is 2. The van der Waals surface area contributed by atoms with Crippen LogP contribution < -0.4 is 10.3 Å². The number of hydrogen-bond acceptors (Lipinski definition) is 5. The van der Waals surface area contributed by atoms with Gasteiger partial charge in [0.25, 0.3) is 0 Å². The second-order valence-corrected chi connectivity index (χ2v) is 2.13. The Balaban J connectivity index is 3.13. The summed E-state index contributed by atoms with van der Waals surface area (Å²) in [5.74, 6) is -0.449. The van der Waals surface area contributed by atoms with Crippen molar-refractivity contribution in [1.29, 1.82) is 0 Å². The van der Waals surface area contributed by atoms with Crippen LogP contribution in [0, 0.1) is 0 Å². The number of carbonyl (C=O) groups is 1. The summed E-state index contributed by atoms with van der Waals surface area (Å²) >= 11 is 0. The molecule has 0 unspecified atom stereocenters. The number of benzene rings is 1. The van der Waals surface area contributed by atoms with Crippen LogP contribution in [-0.4, -0.2) is 16.7 Å². The first kappa shape index (κ1) is 8.51. The zero-order valence-electron chi connectivity index (χ0n) is 5.97. The topological polar surface area (TPSA) is 83.8 Å². The lowest BCUT2D eigenvalue weighted by Crippen LogP contribution is -2.11. The summed E-state index contributed by atoms with van der Waals surface area (Å²) in [5, 5.41) is 27.7. The Morgan fingerprint density at radius 2 is 2.08 bits per heavy atom. The van der Waals surface area contributed by atoms with Crippen molar-refractivity contribution in [3.63, 3.8) is 0 Å². The summed E-state index contributed by atoms with van der Waals surface area (Å²) in [6, 6.07) is 3.35. The normalized spacial score (nSPS) is 9.50. The van der Waals surface area contributed by atoms with Gasteiger partial charge >= 0.3 is 0 Å². The van der Waals surface area contributed by atoms with Crippen molar-refractivity contribution in [2.45, 2.75) is 0 Å². The molecule has 2 N–H and O–H groups in total. The van der Waals surface area contributed by atoms with Gasteiger partial charge in [0.15, 0.2) is 0 Å². The van der Waals surface area contributed by atoms with E-state index in [2.05, 4.69) is 0 Å². The summed E-state index contributed by atoms with van der Waals surface area (Å²) in [5.41, 5.74) is -0.141. The van der Waals surface area contributed by atoms with Crippen molar-refractivity contribution >= 4 is 12.0 Å². The van der Waals surface area contributed by atoms with Gasteiger partial charge in [0.2, 0.25) is 0 Å². The molecule has 1 rings (SSSR count). The Bertz CT molecular complexity index is 297. The first-order valence-electron chi connectivity index (χ1n) is 3.09. The van der Waals surface area contributed by atoms with Crippen LogP contribution in [0.15, 0.2) is 18.2 Å². The molecule has 64 valence electrons. The van der Waals surface area contributed by atoms with Crippen LogP contribution in [-0.2, 0) is 0 Å². The van der Waals surface area contributed by atoms with Gasteiger partial charge in [-0.1, -0.05) is 11.8 Å². The fraction of sp³-hybridized carbons (Fsp3) is 0. The molecule has 5 heteroatoms. The van der Waals surface area contributed by atoms with Gasteiger partial charge < -0.3 is 5.11 Å². The molecule has 0 aliphatic carbocycles. The van der Waals surface area contributed by atoms with Crippen molar-refractivity contribution < 1.29 is 20.3 Å². The van der Waals surface area contributed by atoms with Crippen LogP contribution in [0.25, 0.3) is 0 Å². The van der Waals surface area contributed by atoms with Crippen LogP contribution in [0.3, 0.4) is 0 Å². The fourth-order valence-corrected chi connectivity index (χ4v) is 0.752. The average molecular weight is 168 g/mol. The van der Waals surface area contributed by atoms with Crippen molar-refractivity contribution in [3.05, 3.63) is 23.8 Å². The number of nitrogens with zero attached hydrogens (tertiary/aromatic N) is 1. The van der Waals surface area contributed by atoms with Crippen molar-refractivity contribution in [3.8, 4) is 5.75 Å².